The van der Waals surface area contributed by atoms with Gasteiger partial charge in [0.15, 0.2) is 11.7 Å². The molecule has 0 radical (unpaired) electrons. The van der Waals surface area contributed by atoms with Crippen molar-refractivity contribution < 1.29 is 24.9 Å². The quantitative estimate of drug-likeness (QED) is 0.383. The number of hydrogen-bond acceptors (Lipinski definition) is 6. The van der Waals surface area contributed by atoms with Gasteiger partial charge in [-0.25, -0.2) is 0 Å². The lowest BCUT2D eigenvalue weighted by atomic mass is 10.0. The molecule has 0 saturated carbocycles. The smallest absolute Gasteiger partial charge is 0.248 e. The van der Waals surface area contributed by atoms with Crippen molar-refractivity contribution in [3.63, 3.8) is 0 Å². The number of anilines is 1. The molecule has 172 valence electrons. The third kappa shape index (κ3) is 5.89. The second kappa shape index (κ2) is 10.3. The Hall–Kier alpha value is -3.30. The maximum atomic E-state index is 13.1. The second-order valence-corrected chi connectivity index (χ2v) is 8.20. The zero-order valence-corrected chi connectivity index (χ0v) is 18.5. The molecule has 0 unspecified atom stereocenters. The molecule has 0 aliphatic carbocycles. The molecule has 32 heavy (non-hydrogen) atoms. The fourth-order valence-electron chi connectivity index (χ4n) is 3.35. The van der Waals surface area contributed by atoms with E-state index in [1.165, 1.54) is 15.3 Å². The van der Waals surface area contributed by atoms with Crippen molar-refractivity contribution in [1.82, 2.24) is 14.3 Å². The minimum Gasteiger partial charge on any atom is -0.494 e. The Balaban J connectivity index is 1.78. The van der Waals surface area contributed by atoms with Crippen molar-refractivity contribution >= 4 is 11.7 Å². The van der Waals surface area contributed by atoms with Gasteiger partial charge in [-0.3, -0.25) is 9.48 Å². The third-order valence-electron chi connectivity index (χ3n) is 4.96. The summed E-state index contributed by atoms with van der Waals surface area (Å²) in [6.45, 7) is 5.66. The molecule has 0 saturated heterocycles. The summed E-state index contributed by atoms with van der Waals surface area (Å²) in [5.41, 5.74) is 0.957. The number of carbonyl (C=O) groups excluding carboxylic acids is 1. The van der Waals surface area contributed by atoms with Crippen LogP contribution in [0.1, 0.15) is 31.9 Å². The van der Waals surface area contributed by atoms with Gasteiger partial charge in [0.1, 0.15) is 17.5 Å². The van der Waals surface area contributed by atoms with Crippen LogP contribution in [0.25, 0.3) is 0 Å². The number of rotatable bonds is 10. The van der Waals surface area contributed by atoms with Crippen molar-refractivity contribution in [2.75, 3.05) is 11.9 Å². The second-order valence-electron chi connectivity index (χ2n) is 8.20. The Morgan fingerprint density at radius 2 is 2.00 bits per heavy atom. The van der Waals surface area contributed by atoms with E-state index in [2.05, 4.69) is 10.4 Å². The van der Waals surface area contributed by atoms with E-state index >= 15 is 0 Å². The number of benzene rings is 1. The predicted molar refractivity (Wildman–Crippen MR) is 120 cm³/mol. The minimum atomic E-state index is -0.935. The SMILES string of the molecule is Cc1ccccc1Oc1cc(O)n([C@@H](CC(C)C)C(=O)Nc2ccn(C[C@@H](O)CO)n2)c1. The van der Waals surface area contributed by atoms with Crippen molar-refractivity contribution in [2.45, 2.75) is 45.9 Å². The average molecular weight is 443 g/mol. The molecule has 9 heteroatoms. The molecule has 2 heterocycles. The van der Waals surface area contributed by atoms with Crippen LogP contribution in [-0.4, -0.2) is 48.3 Å². The molecule has 0 bridgehead atoms. The molecule has 0 aliphatic heterocycles. The Bertz CT molecular complexity index is 1040. The number of aromatic hydroxyl groups is 1. The molecule has 4 N–H and O–H groups in total. The van der Waals surface area contributed by atoms with Gasteiger partial charge in [-0.05, 0) is 30.9 Å². The predicted octanol–water partition coefficient (Wildman–Crippen LogP) is 3.07. The first kappa shape index (κ1) is 23.4. The fraction of sp³-hybridized carbons (Fsp3) is 0.391. The Kier molecular flexibility index (Phi) is 7.55. The standard InChI is InChI=1S/C23H30N4O5/c1-15(2)10-19(23(31)24-21-8-9-26(25-21)12-17(29)14-28)27-13-18(11-22(27)30)32-20-7-5-4-6-16(20)3/h4-9,11,13,15,17,19,28-30H,10,12,14H2,1-3H3,(H,24,25,31)/t17-,19+/m1/s1. The van der Waals surface area contributed by atoms with Crippen molar-refractivity contribution in [3.8, 4) is 17.4 Å². The van der Waals surface area contributed by atoms with E-state index in [4.69, 9.17) is 9.84 Å². The van der Waals surface area contributed by atoms with Crippen LogP contribution in [0.3, 0.4) is 0 Å². The number of nitrogens with one attached hydrogen (secondary N) is 1. The summed E-state index contributed by atoms with van der Waals surface area (Å²) < 4.78 is 8.84. The monoisotopic (exact) mass is 442 g/mol. The molecule has 2 aromatic heterocycles. The minimum absolute atomic E-state index is 0.0778. The number of ether oxygens (including phenoxy) is 1. The van der Waals surface area contributed by atoms with Crippen LogP contribution in [0.4, 0.5) is 5.82 Å². The lowest BCUT2D eigenvalue weighted by Crippen LogP contribution is -2.27. The van der Waals surface area contributed by atoms with Gasteiger partial charge in [-0.1, -0.05) is 32.0 Å². The third-order valence-corrected chi connectivity index (χ3v) is 4.96. The number of aryl methyl sites for hydroxylation is 1. The van der Waals surface area contributed by atoms with Gasteiger partial charge in [0.25, 0.3) is 0 Å². The maximum Gasteiger partial charge on any atom is 0.248 e. The summed E-state index contributed by atoms with van der Waals surface area (Å²) in [7, 11) is 0. The topological polar surface area (TPSA) is 122 Å². The molecular weight excluding hydrogens is 412 g/mol. The molecule has 9 nitrogen and oxygen atoms in total. The van der Waals surface area contributed by atoms with Crippen LogP contribution in [0.15, 0.2) is 48.8 Å². The Labute approximate surface area is 186 Å². The highest BCUT2D eigenvalue weighted by Crippen LogP contribution is 2.33. The Morgan fingerprint density at radius 1 is 1.25 bits per heavy atom. The summed E-state index contributed by atoms with van der Waals surface area (Å²) in [4.78, 5) is 13.1. The number of aromatic nitrogens is 3. The summed E-state index contributed by atoms with van der Waals surface area (Å²) in [6.07, 6.45) is 2.77. The van der Waals surface area contributed by atoms with E-state index < -0.39 is 12.1 Å². The zero-order valence-electron chi connectivity index (χ0n) is 18.5. The van der Waals surface area contributed by atoms with E-state index in [9.17, 15) is 15.0 Å². The van der Waals surface area contributed by atoms with E-state index in [1.54, 1.807) is 18.5 Å². The lowest BCUT2D eigenvalue weighted by molar-refractivity contribution is -0.119. The van der Waals surface area contributed by atoms with Crippen LogP contribution in [-0.2, 0) is 11.3 Å². The number of aliphatic hydroxyl groups is 2. The highest BCUT2D eigenvalue weighted by Gasteiger charge is 2.25. The van der Waals surface area contributed by atoms with E-state index in [-0.39, 0.29) is 30.9 Å². The molecule has 3 rings (SSSR count). The first-order valence-corrected chi connectivity index (χ1v) is 10.5. The molecule has 1 amide bonds. The van der Waals surface area contributed by atoms with Gasteiger partial charge in [0.2, 0.25) is 5.91 Å². The summed E-state index contributed by atoms with van der Waals surface area (Å²) in [6, 6.07) is 9.96. The lowest BCUT2D eigenvalue weighted by Gasteiger charge is -2.20. The van der Waals surface area contributed by atoms with Gasteiger partial charge < -0.3 is 29.9 Å². The van der Waals surface area contributed by atoms with E-state index in [0.29, 0.717) is 23.7 Å². The number of carbonyl (C=O) groups is 1. The molecule has 3 aromatic rings. The number of amides is 1. The van der Waals surface area contributed by atoms with Crippen LogP contribution in [0.5, 0.6) is 17.4 Å². The highest BCUT2D eigenvalue weighted by molar-refractivity contribution is 5.93. The van der Waals surface area contributed by atoms with E-state index in [1.807, 2.05) is 45.0 Å². The fourth-order valence-corrected chi connectivity index (χ4v) is 3.35. The van der Waals surface area contributed by atoms with Crippen molar-refractivity contribution in [2.24, 2.45) is 5.92 Å². The number of nitrogens with zero attached hydrogens (tertiary/aromatic N) is 3. The molecular formula is C23H30N4O5. The van der Waals surface area contributed by atoms with Gasteiger partial charge >= 0.3 is 0 Å². The summed E-state index contributed by atoms with van der Waals surface area (Å²) >= 11 is 0. The van der Waals surface area contributed by atoms with Crippen LogP contribution in [0.2, 0.25) is 0 Å². The van der Waals surface area contributed by atoms with Gasteiger partial charge in [-0.15, -0.1) is 0 Å². The van der Waals surface area contributed by atoms with Crippen LogP contribution < -0.4 is 10.1 Å². The van der Waals surface area contributed by atoms with Crippen molar-refractivity contribution in [1.29, 1.82) is 0 Å². The summed E-state index contributed by atoms with van der Waals surface area (Å²) in [5.74, 6) is 1.19. The molecule has 0 aliphatic rings. The number of para-hydroxylation sites is 1. The van der Waals surface area contributed by atoms with Crippen LogP contribution >= 0.6 is 0 Å². The first-order chi connectivity index (χ1) is 15.3. The zero-order chi connectivity index (χ0) is 23.3. The molecule has 1 aromatic carbocycles. The normalized spacial score (nSPS) is 13.2. The van der Waals surface area contributed by atoms with Gasteiger partial charge in [0.05, 0.1) is 25.5 Å². The molecule has 2 atom stereocenters. The largest absolute Gasteiger partial charge is 0.494 e. The first-order valence-electron chi connectivity index (χ1n) is 10.5. The maximum absolute atomic E-state index is 13.1. The highest BCUT2D eigenvalue weighted by atomic mass is 16.5. The Morgan fingerprint density at radius 3 is 2.69 bits per heavy atom. The van der Waals surface area contributed by atoms with Crippen molar-refractivity contribution in [3.05, 3.63) is 54.4 Å². The number of hydrogen-bond donors (Lipinski definition) is 4. The van der Waals surface area contributed by atoms with Gasteiger partial charge in [-0.2, -0.15) is 5.10 Å². The van der Waals surface area contributed by atoms with E-state index in [0.717, 1.165) is 5.56 Å². The average Bonchev–Trinajstić information content (AvgIpc) is 3.33. The molecule has 0 fully saturated rings. The van der Waals surface area contributed by atoms with Crippen LogP contribution in [0, 0.1) is 12.8 Å². The molecule has 0 spiro atoms. The number of aliphatic hydroxyl groups excluding tert-OH is 2. The summed E-state index contributed by atoms with van der Waals surface area (Å²) in [5, 5.41) is 36.0. The van der Waals surface area contributed by atoms with Gasteiger partial charge in [0, 0.05) is 18.3 Å².